The maximum Gasteiger partial charge on any atom is 0.127 e. The first-order valence-electron chi connectivity index (χ1n) is 4.22. The molecule has 1 nitrogen and oxygen atoms in total. The van der Waals surface area contributed by atoms with Crippen molar-refractivity contribution < 1.29 is 9.50 Å². The van der Waals surface area contributed by atoms with E-state index in [4.69, 9.17) is 5.11 Å². The number of aliphatic hydroxyl groups excluding tert-OH is 1. The highest BCUT2D eigenvalue weighted by molar-refractivity contribution is 5.36. The van der Waals surface area contributed by atoms with Crippen molar-refractivity contribution in [3.05, 3.63) is 34.6 Å². The van der Waals surface area contributed by atoms with Crippen LogP contribution in [0.1, 0.15) is 23.1 Å². The molecule has 0 saturated carbocycles. The second kappa shape index (κ2) is 2.87. The molecule has 1 aliphatic carbocycles. The van der Waals surface area contributed by atoms with Gasteiger partial charge in [-0.1, -0.05) is 6.07 Å². The van der Waals surface area contributed by atoms with Crippen LogP contribution in [0.25, 0.3) is 0 Å². The maximum atomic E-state index is 13.2. The van der Waals surface area contributed by atoms with Crippen LogP contribution in [-0.2, 0) is 19.4 Å². The largest absolute Gasteiger partial charge is 0.392 e. The molecule has 0 amide bonds. The highest BCUT2D eigenvalue weighted by Gasteiger charge is 2.15. The minimum absolute atomic E-state index is 0.0653. The normalized spacial score (nSPS) is 14.8. The van der Waals surface area contributed by atoms with Crippen molar-refractivity contribution in [2.24, 2.45) is 0 Å². The highest BCUT2D eigenvalue weighted by atomic mass is 19.1. The molecule has 0 saturated heterocycles. The molecule has 64 valence electrons. The molecule has 1 aromatic carbocycles. The fourth-order valence-electron chi connectivity index (χ4n) is 1.81. The average molecular weight is 166 g/mol. The Morgan fingerprint density at radius 2 is 2.17 bits per heavy atom. The smallest absolute Gasteiger partial charge is 0.127 e. The van der Waals surface area contributed by atoms with Gasteiger partial charge in [-0.25, -0.2) is 4.39 Å². The fourth-order valence-corrected chi connectivity index (χ4v) is 1.81. The first-order valence-corrected chi connectivity index (χ1v) is 4.22. The fraction of sp³-hybridized carbons (Fsp3) is 0.400. The van der Waals surface area contributed by atoms with E-state index in [9.17, 15) is 4.39 Å². The Bertz CT molecular complexity index is 307. The summed E-state index contributed by atoms with van der Waals surface area (Å²) in [6, 6.07) is 3.34. The van der Waals surface area contributed by atoms with Gasteiger partial charge in [-0.2, -0.15) is 0 Å². The summed E-state index contributed by atoms with van der Waals surface area (Å²) in [5.74, 6) is -0.144. The molecule has 0 aromatic heterocycles. The van der Waals surface area contributed by atoms with E-state index in [1.54, 1.807) is 0 Å². The summed E-state index contributed by atoms with van der Waals surface area (Å²) in [4.78, 5) is 0. The van der Waals surface area contributed by atoms with Crippen molar-refractivity contribution in [3.63, 3.8) is 0 Å². The molecule has 12 heavy (non-hydrogen) atoms. The third-order valence-corrected chi connectivity index (χ3v) is 2.40. The second-order valence-corrected chi connectivity index (χ2v) is 3.23. The van der Waals surface area contributed by atoms with Crippen LogP contribution >= 0.6 is 0 Å². The Morgan fingerprint density at radius 1 is 1.33 bits per heavy atom. The Kier molecular flexibility index (Phi) is 1.85. The van der Waals surface area contributed by atoms with E-state index >= 15 is 0 Å². The summed E-state index contributed by atoms with van der Waals surface area (Å²) in [7, 11) is 0. The monoisotopic (exact) mass is 166 g/mol. The number of hydrogen-bond donors (Lipinski definition) is 1. The van der Waals surface area contributed by atoms with Crippen molar-refractivity contribution in [2.75, 3.05) is 0 Å². The van der Waals surface area contributed by atoms with Gasteiger partial charge in [-0.05, 0) is 42.0 Å². The van der Waals surface area contributed by atoms with Crippen LogP contribution in [0.15, 0.2) is 12.1 Å². The standard InChI is InChI=1S/C10H11FO/c11-10-5-7(6-12)4-8-2-1-3-9(8)10/h4-5,12H,1-3,6H2. The molecule has 0 atom stereocenters. The Balaban J connectivity index is 2.51. The molecular formula is C10H11FO. The zero-order valence-electron chi connectivity index (χ0n) is 6.81. The number of benzene rings is 1. The van der Waals surface area contributed by atoms with Gasteiger partial charge in [0.05, 0.1) is 6.61 Å². The quantitative estimate of drug-likeness (QED) is 0.674. The van der Waals surface area contributed by atoms with Gasteiger partial charge in [0.25, 0.3) is 0 Å². The molecule has 1 aliphatic rings. The lowest BCUT2D eigenvalue weighted by Gasteiger charge is -2.03. The van der Waals surface area contributed by atoms with Crippen molar-refractivity contribution in [1.82, 2.24) is 0 Å². The van der Waals surface area contributed by atoms with Crippen molar-refractivity contribution in [2.45, 2.75) is 25.9 Å². The zero-order valence-corrected chi connectivity index (χ0v) is 6.81. The summed E-state index contributed by atoms with van der Waals surface area (Å²) in [5.41, 5.74) is 2.62. The Morgan fingerprint density at radius 3 is 2.92 bits per heavy atom. The molecule has 0 aliphatic heterocycles. The summed E-state index contributed by atoms with van der Waals surface area (Å²) in [5, 5.41) is 8.83. The number of rotatable bonds is 1. The lowest BCUT2D eigenvalue weighted by Crippen LogP contribution is -1.93. The third-order valence-electron chi connectivity index (χ3n) is 2.40. The van der Waals surface area contributed by atoms with E-state index in [1.807, 2.05) is 6.07 Å². The number of halogens is 1. The lowest BCUT2D eigenvalue weighted by atomic mass is 10.1. The van der Waals surface area contributed by atoms with Gasteiger partial charge in [0.2, 0.25) is 0 Å². The molecule has 0 fully saturated rings. The Hall–Kier alpha value is -0.890. The minimum Gasteiger partial charge on any atom is -0.392 e. The van der Waals surface area contributed by atoms with E-state index in [2.05, 4.69) is 0 Å². The van der Waals surface area contributed by atoms with Gasteiger partial charge in [-0.15, -0.1) is 0 Å². The van der Waals surface area contributed by atoms with Crippen molar-refractivity contribution in [1.29, 1.82) is 0 Å². The van der Waals surface area contributed by atoms with Crippen molar-refractivity contribution >= 4 is 0 Å². The van der Waals surface area contributed by atoms with Gasteiger partial charge >= 0.3 is 0 Å². The van der Waals surface area contributed by atoms with Crippen LogP contribution in [0.2, 0.25) is 0 Å². The molecule has 0 heterocycles. The number of fused-ring (bicyclic) bond motifs is 1. The summed E-state index contributed by atoms with van der Waals surface area (Å²) in [6.07, 6.45) is 2.86. The molecule has 2 rings (SSSR count). The van der Waals surface area contributed by atoms with Gasteiger partial charge in [0.15, 0.2) is 0 Å². The lowest BCUT2D eigenvalue weighted by molar-refractivity contribution is 0.281. The number of aliphatic hydroxyl groups is 1. The molecule has 0 spiro atoms. The predicted molar refractivity (Wildman–Crippen MR) is 44.3 cm³/mol. The van der Waals surface area contributed by atoms with Crippen LogP contribution in [0, 0.1) is 5.82 Å². The van der Waals surface area contributed by atoms with E-state index in [1.165, 1.54) is 6.07 Å². The molecule has 0 bridgehead atoms. The number of hydrogen-bond acceptors (Lipinski definition) is 1. The zero-order chi connectivity index (χ0) is 8.55. The predicted octanol–water partition coefficient (Wildman–Crippen LogP) is 1.81. The minimum atomic E-state index is -0.144. The van der Waals surface area contributed by atoms with E-state index in [-0.39, 0.29) is 12.4 Å². The second-order valence-electron chi connectivity index (χ2n) is 3.23. The van der Waals surface area contributed by atoms with Crippen molar-refractivity contribution in [3.8, 4) is 0 Å². The van der Waals surface area contributed by atoms with Gasteiger partial charge in [-0.3, -0.25) is 0 Å². The number of aryl methyl sites for hydroxylation is 1. The molecule has 1 N–H and O–H groups in total. The summed E-state index contributed by atoms with van der Waals surface area (Å²) >= 11 is 0. The first-order chi connectivity index (χ1) is 5.81. The topological polar surface area (TPSA) is 20.2 Å². The molecule has 1 aromatic rings. The molecule has 0 unspecified atom stereocenters. The SMILES string of the molecule is OCc1cc(F)c2c(c1)CCC2. The summed E-state index contributed by atoms with van der Waals surface area (Å²) in [6.45, 7) is -0.0653. The maximum absolute atomic E-state index is 13.2. The van der Waals surface area contributed by atoms with Gasteiger partial charge < -0.3 is 5.11 Å². The molecular weight excluding hydrogens is 155 g/mol. The highest BCUT2D eigenvalue weighted by Crippen LogP contribution is 2.25. The first kappa shape index (κ1) is 7.74. The molecule has 0 radical (unpaired) electrons. The average Bonchev–Trinajstić information content (AvgIpc) is 2.52. The van der Waals surface area contributed by atoms with Crippen LogP contribution in [0.5, 0.6) is 0 Å². The van der Waals surface area contributed by atoms with Crippen LogP contribution in [-0.4, -0.2) is 5.11 Å². The van der Waals surface area contributed by atoms with Crippen LogP contribution in [0.3, 0.4) is 0 Å². The van der Waals surface area contributed by atoms with Gasteiger partial charge in [0, 0.05) is 0 Å². The van der Waals surface area contributed by atoms with E-state index in [0.717, 1.165) is 30.4 Å². The van der Waals surface area contributed by atoms with E-state index < -0.39 is 0 Å². The van der Waals surface area contributed by atoms with E-state index in [0.29, 0.717) is 5.56 Å². The summed E-state index contributed by atoms with van der Waals surface area (Å²) < 4.78 is 13.2. The molecule has 2 heteroatoms. The third kappa shape index (κ3) is 1.12. The van der Waals surface area contributed by atoms with Gasteiger partial charge in [0.1, 0.15) is 5.82 Å². The Labute approximate surface area is 70.8 Å². The van der Waals surface area contributed by atoms with Crippen LogP contribution in [0.4, 0.5) is 4.39 Å². The van der Waals surface area contributed by atoms with Crippen LogP contribution < -0.4 is 0 Å².